The van der Waals surface area contributed by atoms with E-state index in [-0.39, 0.29) is 0 Å². The number of nitrogens with zero attached hydrogens (tertiary/aromatic N) is 1. The standard InChI is InChI=1S/C10H17NO/c1-3-10-6-4-7-11(10)8-5-9-12-2/h4,6-7H,3,5,8-9H2,1-2H3. The largest absolute Gasteiger partial charge is 0.385 e. The summed E-state index contributed by atoms with van der Waals surface area (Å²) < 4.78 is 7.29. The van der Waals surface area contributed by atoms with E-state index in [1.807, 2.05) is 0 Å². The van der Waals surface area contributed by atoms with Gasteiger partial charge in [0.2, 0.25) is 0 Å². The van der Waals surface area contributed by atoms with Gasteiger partial charge in [-0.3, -0.25) is 0 Å². The van der Waals surface area contributed by atoms with Crippen molar-refractivity contribution in [3.05, 3.63) is 24.0 Å². The third-order valence-corrected chi connectivity index (χ3v) is 2.03. The molecule has 2 heteroatoms. The fourth-order valence-corrected chi connectivity index (χ4v) is 1.37. The van der Waals surface area contributed by atoms with E-state index in [0.717, 1.165) is 26.0 Å². The Morgan fingerprint density at radius 2 is 2.33 bits per heavy atom. The molecule has 1 aromatic rings. The number of rotatable bonds is 5. The summed E-state index contributed by atoms with van der Waals surface area (Å²) in [5, 5.41) is 0. The van der Waals surface area contributed by atoms with Crippen molar-refractivity contribution in [3.8, 4) is 0 Å². The lowest BCUT2D eigenvalue weighted by molar-refractivity contribution is 0.190. The van der Waals surface area contributed by atoms with Gasteiger partial charge in [0.15, 0.2) is 0 Å². The first-order valence-electron chi connectivity index (χ1n) is 4.51. The topological polar surface area (TPSA) is 14.2 Å². The lowest BCUT2D eigenvalue weighted by Crippen LogP contribution is -2.03. The number of aryl methyl sites for hydroxylation is 2. The van der Waals surface area contributed by atoms with Gasteiger partial charge in [-0.05, 0) is 25.0 Å². The van der Waals surface area contributed by atoms with E-state index in [1.165, 1.54) is 5.69 Å². The van der Waals surface area contributed by atoms with Gasteiger partial charge in [-0.2, -0.15) is 0 Å². The van der Waals surface area contributed by atoms with Gasteiger partial charge in [-0.1, -0.05) is 6.92 Å². The monoisotopic (exact) mass is 167 g/mol. The van der Waals surface area contributed by atoms with Crippen molar-refractivity contribution < 1.29 is 4.74 Å². The van der Waals surface area contributed by atoms with Crippen LogP contribution in [0.5, 0.6) is 0 Å². The second-order valence-corrected chi connectivity index (χ2v) is 2.89. The Hall–Kier alpha value is -0.760. The van der Waals surface area contributed by atoms with Crippen LogP contribution in [0.25, 0.3) is 0 Å². The van der Waals surface area contributed by atoms with E-state index in [1.54, 1.807) is 7.11 Å². The van der Waals surface area contributed by atoms with Gasteiger partial charge in [0, 0.05) is 32.2 Å². The predicted molar refractivity (Wildman–Crippen MR) is 50.3 cm³/mol. The van der Waals surface area contributed by atoms with E-state index in [4.69, 9.17) is 4.74 Å². The van der Waals surface area contributed by atoms with Crippen LogP contribution in [0, 0.1) is 0 Å². The molecule has 2 nitrogen and oxygen atoms in total. The summed E-state index contributed by atoms with van der Waals surface area (Å²) in [6.45, 7) is 4.10. The smallest absolute Gasteiger partial charge is 0.0479 e. The van der Waals surface area contributed by atoms with Crippen LogP contribution in [-0.2, 0) is 17.7 Å². The molecule has 0 saturated carbocycles. The fourth-order valence-electron chi connectivity index (χ4n) is 1.37. The average molecular weight is 167 g/mol. The maximum absolute atomic E-state index is 5.00. The van der Waals surface area contributed by atoms with Crippen molar-refractivity contribution in [1.82, 2.24) is 4.57 Å². The summed E-state index contributed by atoms with van der Waals surface area (Å²) in [5.74, 6) is 0. The van der Waals surface area contributed by atoms with Crippen molar-refractivity contribution in [2.45, 2.75) is 26.3 Å². The van der Waals surface area contributed by atoms with Crippen LogP contribution in [0.1, 0.15) is 19.0 Å². The molecule has 0 aliphatic rings. The Balaban J connectivity index is 2.39. The molecule has 0 aliphatic carbocycles. The molecule has 0 fully saturated rings. The molecule has 0 spiro atoms. The maximum Gasteiger partial charge on any atom is 0.0479 e. The lowest BCUT2D eigenvalue weighted by Gasteiger charge is -2.06. The summed E-state index contributed by atoms with van der Waals surface area (Å²) in [5.41, 5.74) is 1.41. The molecule has 12 heavy (non-hydrogen) atoms. The van der Waals surface area contributed by atoms with E-state index in [9.17, 15) is 0 Å². The first kappa shape index (κ1) is 9.33. The van der Waals surface area contributed by atoms with Crippen LogP contribution in [0.15, 0.2) is 18.3 Å². The van der Waals surface area contributed by atoms with Gasteiger partial charge in [-0.15, -0.1) is 0 Å². The van der Waals surface area contributed by atoms with E-state index >= 15 is 0 Å². The van der Waals surface area contributed by atoms with Gasteiger partial charge in [-0.25, -0.2) is 0 Å². The van der Waals surface area contributed by atoms with Gasteiger partial charge in [0.05, 0.1) is 0 Å². The highest BCUT2D eigenvalue weighted by Crippen LogP contribution is 2.03. The van der Waals surface area contributed by atoms with Crippen molar-refractivity contribution in [3.63, 3.8) is 0 Å². The summed E-state index contributed by atoms with van der Waals surface area (Å²) in [4.78, 5) is 0. The molecule has 0 aliphatic heterocycles. The van der Waals surface area contributed by atoms with Crippen LogP contribution in [0.4, 0.5) is 0 Å². The molecule has 0 unspecified atom stereocenters. The first-order valence-corrected chi connectivity index (χ1v) is 4.51. The van der Waals surface area contributed by atoms with Crippen LogP contribution in [-0.4, -0.2) is 18.3 Å². The zero-order valence-electron chi connectivity index (χ0n) is 7.92. The molecule has 1 aromatic heterocycles. The highest BCUT2D eigenvalue weighted by molar-refractivity contribution is 5.06. The predicted octanol–water partition coefficient (Wildman–Crippen LogP) is 2.09. The van der Waals surface area contributed by atoms with Crippen LogP contribution >= 0.6 is 0 Å². The molecule has 0 N–H and O–H groups in total. The van der Waals surface area contributed by atoms with Crippen LogP contribution in [0.2, 0.25) is 0 Å². The molecular formula is C10H17NO. The second kappa shape index (κ2) is 4.99. The number of aromatic nitrogens is 1. The van der Waals surface area contributed by atoms with E-state index < -0.39 is 0 Å². The number of ether oxygens (including phenoxy) is 1. The first-order chi connectivity index (χ1) is 5.88. The Labute approximate surface area is 74.2 Å². The molecule has 1 rings (SSSR count). The Kier molecular flexibility index (Phi) is 3.88. The normalized spacial score (nSPS) is 10.5. The molecule has 0 aromatic carbocycles. The van der Waals surface area contributed by atoms with Crippen LogP contribution in [0.3, 0.4) is 0 Å². The average Bonchev–Trinajstić information content (AvgIpc) is 2.52. The summed E-state index contributed by atoms with van der Waals surface area (Å²) in [6, 6.07) is 4.28. The summed E-state index contributed by atoms with van der Waals surface area (Å²) in [6.07, 6.45) is 4.34. The molecule has 0 amide bonds. The number of methoxy groups -OCH3 is 1. The maximum atomic E-state index is 5.00. The minimum atomic E-state index is 0.849. The fraction of sp³-hybridized carbons (Fsp3) is 0.600. The molecule has 68 valence electrons. The quantitative estimate of drug-likeness (QED) is 0.612. The molecule has 0 atom stereocenters. The molecular weight excluding hydrogens is 150 g/mol. The third kappa shape index (κ3) is 2.38. The minimum Gasteiger partial charge on any atom is -0.385 e. The summed E-state index contributed by atoms with van der Waals surface area (Å²) in [7, 11) is 1.75. The highest BCUT2D eigenvalue weighted by atomic mass is 16.5. The van der Waals surface area contributed by atoms with Crippen molar-refractivity contribution in [2.24, 2.45) is 0 Å². The van der Waals surface area contributed by atoms with Gasteiger partial charge < -0.3 is 9.30 Å². The van der Waals surface area contributed by atoms with Crippen molar-refractivity contribution >= 4 is 0 Å². The van der Waals surface area contributed by atoms with E-state index in [2.05, 4.69) is 29.8 Å². The second-order valence-electron chi connectivity index (χ2n) is 2.89. The lowest BCUT2D eigenvalue weighted by atomic mass is 10.3. The number of hydrogen-bond acceptors (Lipinski definition) is 1. The Morgan fingerprint density at radius 3 is 3.00 bits per heavy atom. The molecule has 0 bridgehead atoms. The highest BCUT2D eigenvalue weighted by Gasteiger charge is 1.96. The molecule has 1 heterocycles. The molecule has 0 saturated heterocycles. The SMILES string of the molecule is CCc1cccn1CCCOC. The zero-order chi connectivity index (χ0) is 8.81. The minimum absolute atomic E-state index is 0.849. The van der Waals surface area contributed by atoms with Gasteiger partial charge >= 0.3 is 0 Å². The third-order valence-electron chi connectivity index (χ3n) is 2.03. The van der Waals surface area contributed by atoms with Crippen molar-refractivity contribution in [2.75, 3.05) is 13.7 Å². The van der Waals surface area contributed by atoms with Gasteiger partial charge in [0.25, 0.3) is 0 Å². The Bertz CT molecular complexity index is 217. The number of hydrogen-bond donors (Lipinski definition) is 0. The molecule has 0 radical (unpaired) electrons. The van der Waals surface area contributed by atoms with Gasteiger partial charge in [0.1, 0.15) is 0 Å². The Morgan fingerprint density at radius 1 is 1.50 bits per heavy atom. The van der Waals surface area contributed by atoms with E-state index in [0.29, 0.717) is 0 Å². The van der Waals surface area contributed by atoms with Crippen molar-refractivity contribution in [1.29, 1.82) is 0 Å². The summed E-state index contributed by atoms with van der Waals surface area (Å²) >= 11 is 0. The van der Waals surface area contributed by atoms with Crippen LogP contribution < -0.4 is 0 Å². The zero-order valence-corrected chi connectivity index (χ0v) is 7.92.